The van der Waals surface area contributed by atoms with E-state index in [0.717, 1.165) is 12.1 Å². The van der Waals surface area contributed by atoms with Gasteiger partial charge in [0.15, 0.2) is 0 Å². The summed E-state index contributed by atoms with van der Waals surface area (Å²) >= 11 is 0. The van der Waals surface area contributed by atoms with Gasteiger partial charge >= 0.3 is 12.1 Å². The van der Waals surface area contributed by atoms with Gasteiger partial charge in [-0.25, -0.2) is 0 Å². The Morgan fingerprint density at radius 1 is 1.04 bits per heavy atom. The molecule has 0 aliphatic rings. The van der Waals surface area contributed by atoms with Crippen molar-refractivity contribution in [3.63, 3.8) is 0 Å². The fourth-order valence-corrected chi connectivity index (χ4v) is 2.66. The van der Waals surface area contributed by atoms with E-state index in [2.05, 4.69) is 5.16 Å². The minimum Gasteiger partial charge on any atom is -0.481 e. The Balaban J connectivity index is 2.12. The second-order valence-corrected chi connectivity index (χ2v) is 5.67. The van der Waals surface area contributed by atoms with Gasteiger partial charge in [-0.1, -0.05) is 47.6 Å². The zero-order valence-electron chi connectivity index (χ0n) is 13.5. The highest BCUT2D eigenvalue weighted by Crippen LogP contribution is 2.37. The molecular formula is C19H14F3NO3. The Hall–Kier alpha value is -3.09. The van der Waals surface area contributed by atoms with Gasteiger partial charge in [-0.3, -0.25) is 4.79 Å². The first kappa shape index (κ1) is 17.7. The highest BCUT2D eigenvalue weighted by Gasteiger charge is 2.31. The maximum atomic E-state index is 13.0. The summed E-state index contributed by atoms with van der Waals surface area (Å²) < 4.78 is 44.3. The lowest BCUT2D eigenvalue weighted by Gasteiger charge is -2.09. The van der Waals surface area contributed by atoms with Crippen LogP contribution in [0.4, 0.5) is 13.2 Å². The SMILES string of the molecule is O=C(O)CCc1onc(-c2cccc(C(F)(F)F)c2)c1-c1ccccc1. The molecule has 134 valence electrons. The van der Waals surface area contributed by atoms with Gasteiger partial charge in [0.25, 0.3) is 0 Å². The number of rotatable bonds is 5. The first-order chi connectivity index (χ1) is 12.4. The van der Waals surface area contributed by atoms with E-state index in [1.54, 1.807) is 30.3 Å². The largest absolute Gasteiger partial charge is 0.481 e. The van der Waals surface area contributed by atoms with Crippen molar-refractivity contribution in [3.8, 4) is 22.4 Å². The number of hydrogen-bond acceptors (Lipinski definition) is 3. The predicted octanol–water partition coefficient (Wildman–Crippen LogP) is 5.04. The summed E-state index contributed by atoms with van der Waals surface area (Å²) in [5.41, 5.74) is 0.920. The number of benzene rings is 2. The molecule has 3 rings (SSSR count). The monoisotopic (exact) mass is 361 g/mol. The van der Waals surface area contributed by atoms with Crippen molar-refractivity contribution in [1.29, 1.82) is 0 Å². The van der Waals surface area contributed by atoms with Crippen molar-refractivity contribution in [2.24, 2.45) is 0 Å². The van der Waals surface area contributed by atoms with Gasteiger partial charge < -0.3 is 9.63 Å². The van der Waals surface area contributed by atoms with E-state index in [1.807, 2.05) is 0 Å². The average Bonchev–Trinajstić information content (AvgIpc) is 3.04. The van der Waals surface area contributed by atoms with Crippen LogP contribution in [0.15, 0.2) is 59.1 Å². The molecule has 0 aliphatic carbocycles. The number of hydrogen-bond donors (Lipinski definition) is 1. The number of carbonyl (C=O) groups is 1. The molecule has 0 saturated heterocycles. The molecule has 1 N–H and O–H groups in total. The van der Waals surface area contributed by atoms with E-state index in [9.17, 15) is 18.0 Å². The van der Waals surface area contributed by atoms with Gasteiger partial charge in [0, 0.05) is 12.0 Å². The topological polar surface area (TPSA) is 63.3 Å². The predicted molar refractivity (Wildman–Crippen MR) is 88.3 cm³/mol. The van der Waals surface area contributed by atoms with Crippen LogP contribution in [-0.2, 0) is 17.4 Å². The molecule has 0 saturated carbocycles. The molecule has 0 atom stereocenters. The molecule has 1 heterocycles. The number of aliphatic carboxylic acids is 1. The van der Waals surface area contributed by atoms with Crippen LogP contribution in [0.5, 0.6) is 0 Å². The number of aryl methyl sites for hydroxylation is 1. The Labute approximate surface area is 146 Å². The standard InChI is InChI=1S/C19H14F3NO3/c20-19(21,22)14-8-4-7-13(11-14)18-17(12-5-2-1-3-6-12)15(26-23-18)9-10-16(24)25/h1-8,11H,9-10H2,(H,24,25). The summed E-state index contributed by atoms with van der Waals surface area (Å²) in [7, 11) is 0. The molecule has 1 aromatic heterocycles. The fourth-order valence-electron chi connectivity index (χ4n) is 2.66. The third kappa shape index (κ3) is 3.77. The fraction of sp³-hybridized carbons (Fsp3) is 0.158. The van der Waals surface area contributed by atoms with Crippen LogP contribution in [-0.4, -0.2) is 16.2 Å². The first-order valence-electron chi connectivity index (χ1n) is 7.79. The average molecular weight is 361 g/mol. The third-order valence-electron chi connectivity index (χ3n) is 3.85. The molecule has 0 unspecified atom stereocenters. The minimum absolute atomic E-state index is 0.0888. The second-order valence-electron chi connectivity index (χ2n) is 5.67. The van der Waals surface area contributed by atoms with E-state index in [-0.39, 0.29) is 24.1 Å². The summed E-state index contributed by atoms with van der Waals surface area (Å²) in [6.45, 7) is 0. The molecular weight excluding hydrogens is 347 g/mol. The van der Waals surface area contributed by atoms with Gasteiger partial charge in [0.05, 0.1) is 17.5 Å². The van der Waals surface area contributed by atoms with Crippen molar-refractivity contribution >= 4 is 5.97 Å². The van der Waals surface area contributed by atoms with Crippen LogP contribution >= 0.6 is 0 Å². The van der Waals surface area contributed by atoms with E-state index in [0.29, 0.717) is 16.9 Å². The number of halogens is 3. The lowest BCUT2D eigenvalue weighted by Crippen LogP contribution is -2.04. The second kappa shape index (κ2) is 7.03. The summed E-state index contributed by atoms with van der Waals surface area (Å²) in [5, 5.41) is 12.8. The Morgan fingerprint density at radius 3 is 2.38 bits per heavy atom. The molecule has 26 heavy (non-hydrogen) atoms. The highest BCUT2D eigenvalue weighted by molar-refractivity contribution is 5.82. The first-order valence-corrected chi connectivity index (χ1v) is 7.79. The molecule has 3 aromatic rings. The van der Waals surface area contributed by atoms with E-state index in [4.69, 9.17) is 9.63 Å². The zero-order valence-corrected chi connectivity index (χ0v) is 13.5. The van der Waals surface area contributed by atoms with Crippen LogP contribution < -0.4 is 0 Å². The Bertz CT molecular complexity index is 917. The van der Waals surface area contributed by atoms with Crippen LogP contribution in [0.1, 0.15) is 17.7 Å². The van der Waals surface area contributed by atoms with Gasteiger partial charge in [0.2, 0.25) is 0 Å². The van der Waals surface area contributed by atoms with E-state index >= 15 is 0 Å². The zero-order chi connectivity index (χ0) is 18.7. The third-order valence-corrected chi connectivity index (χ3v) is 3.85. The molecule has 0 aliphatic heterocycles. The normalized spacial score (nSPS) is 11.5. The lowest BCUT2D eigenvalue weighted by molar-refractivity contribution is -0.138. The molecule has 7 heteroatoms. The molecule has 0 bridgehead atoms. The maximum absolute atomic E-state index is 13.0. The molecule has 4 nitrogen and oxygen atoms in total. The summed E-state index contributed by atoms with van der Waals surface area (Å²) in [5.74, 6) is -0.674. The number of alkyl halides is 3. The Kier molecular flexibility index (Phi) is 4.79. The quantitative estimate of drug-likeness (QED) is 0.691. The maximum Gasteiger partial charge on any atom is 0.416 e. The molecule has 0 radical (unpaired) electrons. The number of carboxylic acid groups (broad SMARTS) is 1. The molecule has 2 aromatic carbocycles. The van der Waals surface area contributed by atoms with Crippen molar-refractivity contribution in [1.82, 2.24) is 5.16 Å². The summed E-state index contributed by atoms with van der Waals surface area (Å²) in [6.07, 6.45) is -4.55. The van der Waals surface area contributed by atoms with Crippen LogP contribution in [0.25, 0.3) is 22.4 Å². The molecule has 0 amide bonds. The smallest absolute Gasteiger partial charge is 0.416 e. The van der Waals surface area contributed by atoms with Gasteiger partial charge in [-0.05, 0) is 17.7 Å². The minimum atomic E-state index is -4.47. The number of carboxylic acids is 1. The molecule has 0 spiro atoms. The van der Waals surface area contributed by atoms with E-state index < -0.39 is 17.7 Å². The van der Waals surface area contributed by atoms with Crippen LogP contribution in [0.2, 0.25) is 0 Å². The summed E-state index contributed by atoms with van der Waals surface area (Å²) in [6, 6.07) is 13.7. The lowest BCUT2D eigenvalue weighted by atomic mass is 9.96. The van der Waals surface area contributed by atoms with Crippen LogP contribution in [0, 0.1) is 0 Å². The van der Waals surface area contributed by atoms with Crippen LogP contribution in [0.3, 0.4) is 0 Å². The van der Waals surface area contributed by atoms with Gasteiger partial charge in [-0.2, -0.15) is 13.2 Å². The number of aromatic nitrogens is 1. The Morgan fingerprint density at radius 2 is 1.73 bits per heavy atom. The van der Waals surface area contributed by atoms with Crippen molar-refractivity contribution in [2.75, 3.05) is 0 Å². The summed E-state index contributed by atoms with van der Waals surface area (Å²) in [4.78, 5) is 10.9. The van der Waals surface area contributed by atoms with Crippen molar-refractivity contribution < 1.29 is 27.6 Å². The molecule has 0 fully saturated rings. The highest BCUT2D eigenvalue weighted by atomic mass is 19.4. The van der Waals surface area contributed by atoms with Gasteiger partial charge in [0.1, 0.15) is 11.5 Å². The van der Waals surface area contributed by atoms with E-state index in [1.165, 1.54) is 12.1 Å². The van der Waals surface area contributed by atoms with Crippen molar-refractivity contribution in [2.45, 2.75) is 19.0 Å². The van der Waals surface area contributed by atoms with Gasteiger partial charge in [-0.15, -0.1) is 0 Å². The van der Waals surface area contributed by atoms with Crippen molar-refractivity contribution in [3.05, 3.63) is 65.9 Å². The number of nitrogens with zero attached hydrogens (tertiary/aromatic N) is 1.